The van der Waals surface area contributed by atoms with Gasteiger partial charge in [-0.2, -0.15) is 0 Å². The number of amides is 1. The Kier molecular flexibility index (Phi) is 4.01. The van der Waals surface area contributed by atoms with Gasteiger partial charge in [-0.3, -0.25) is 9.78 Å². The number of hydrogen-bond acceptors (Lipinski definition) is 4. The number of aromatic nitrogens is 1. The van der Waals surface area contributed by atoms with Crippen LogP contribution in [0.25, 0.3) is 0 Å². The first-order chi connectivity index (χ1) is 8.50. The molecule has 2 heterocycles. The van der Waals surface area contributed by atoms with Gasteiger partial charge in [0.15, 0.2) is 9.84 Å². The van der Waals surface area contributed by atoms with Crippen molar-refractivity contribution in [2.24, 2.45) is 0 Å². The van der Waals surface area contributed by atoms with Crippen LogP contribution < -0.4 is 5.32 Å². The summed E-state index contributed by atoms with van der Waals surface area (Å²) >= 11 is 3.25. The fraction of sp³-hybridized carbons (Fsp3) is 0.455. The highest BCUT2D eigenvalue weighted by atomic mass is 79.9. The van der Waals surface area contributed by atoms with Gasteiger partial charge >= 0.3 is 0 Å². The van der Waals surface area contributed by atoms with Gasteiger partial charge in [-0.25, -0.2) is 8.42 Å². The maximum Gasteiger partial charge on any atom is 0.242 e. The minimum absolute atomic E-state index is 0.0998. The molecule has 7 heteroatoms. The number of pyridine rings is 1. The molecule has 18 heavy (non-hydrogen) atoms. The van der Waals surface area contributed by atoms with E-state index >= 15 is 0 Å². The first-order valence-corrected chi connectivity index (χ1v) is 8.13. The van der Waals surface area contributed by atoms with Crippen LogP contribution in [0, 0.1) is 0 Å². The smallest absolute Gasteiger partial charge is 0.242 e. The Labute approximate surface area is 114 Å². The minimum Gasteiger partial charge on any atom is -0.324 e. The Morgan fingerprint density at radius 3 is 2.89 bits per heavy atom. The predicted octanol–water partition coefficient (Wildman–Crippen LogP) is 1.75. The van der Waals surface area contributed by atoms with Gasteiger partial charge in [0.05, 0.1) is 15.9 Å². The molecule has 0 spiro atoms. The number of hydrogen-bond donors (Lipinski definition) is 1. The van der Waals surface area contributed by atoms with Crippen LogP contribution in [0.1, 0.15) is 19.3 Å². The molecule has 1 amide bonds. The van der Waals surface area contributed by atoms with Crippen LogP contribution in [0.4, 0.5) is 5.69 Å². The second-order valence-electron chi connectivity index (χ2n) is 4.20. The third-order valence-corrected chi connectivity index (χ3v) is 5.71. The molecule has 0 saturated carbocycles. The summed E-state index contributed by atoms with van der Waals surface area (Å²) in [5, 5.41) is 1.71. The molecule has 98 valence electrons. The van der Waals surface area contributed by atoms with Crippen molar-refractivity contribution in [2.75, 3.05) is 11.1 Å². The van der Waals surface area contributed by atoms with Gasteiger partial charge in [0, 0.05) is 12.4 Å². The summed E-state index contributed by atoms with van der Waals surface area (Å²) in [7, 11) is -3.30. The van der Waals surface area contributed by atoms with E-state index in [1.54, 1.807) is 12.3 Å². The molecule has 5 nitrogen and oxygen atoms in total. The lowest BCUT2D eigenvalue weighted by atomic mass is 10.2. The van der Waals surface area contributed by atoms with Crippen LogP contribution in [-0.2, 0) is 14.6 Å². The van der Waals surface area contributed by atoms with Crippen molar-refractivity contribution in [1.82, 2.24) is 4.98 Å². The Hall–Kier alpha value is -0.950. The molecule has 2 rings (SSSR count). The molecule has 1 aliphatic heterocycles. The Morgan fingerprint density at radius 2 is 2.22 bits per heavy atom. The lowest BCUT2D eigenvalue weighted by Crippen LogP contribution is -2.39. The van der Waals surface area contributed by atoms with E-state index in [9.17, 15) is 13.2 Å². The third-order valence-electron chi connectivity index (χ3n) is 2.90. The van der Waals surface area contributed by atoms with E-state index in [-0.39, 0.29) is 5.75 Å². The normalized spacial score (nSPS) is 22.4. The summed E-state index contributed by atoms with van der Waals surface area (Å²) < 4.78 is 24.3. The molecule has 1 aliphatic rings. The van der Waals surface area contributed by atoms with Crippen molar-refractivity contribution in [3.63, 3.8) is 0 Å². The summed E-state index contributed by atoms with van der Waals surface area (Å²) in [5.74, 6) is -0.357. The van der Waals surface area contributed by atoms with Crippen LogP contribution in [-0.4, -0.2) is 30.3 Å². The molecule has 1 atom stereocenters. The minimum atomic E-state index is -3.30. The van der Waals surface area contributed by atoms with Crippen molar-refractivity contribution >= 4 is 37.4 Å². The van der Waals surface area contributed by atoms with E-state index in [1.165, 1.54) is 6.20 Å². The van der Waals surface area contributed by atoms with E-state index in [1.807, 2.05) is 0 Å². The van der Waals surface area contributed by atoms with Crippen molar-refractivity contribution in [3.05, 3.63) is 22.9 Å². The highest BCUT2D eigenvalue weighted by Gasteiger charge is 2.34. The van der Waals surface area contributed by atoms with Crippen LogP contribution in [0.5, 0.6) is 0 Å². The lowest BCUT2D eigenvalue weighted by molar-refractivity contribution is -0.116. The molecule has 0 aliphatic carbocycles. The molecule has 0 radical (unpaired) electrons. The van der Waals surface area contributed by atoms with Gasteiger partial charge < -0.3 is 5.32 Å². The summed E-state index contributed by atoms with van der Waals surface area (Å²) in [6.07, 6.45) is 4.90. The number of nitrogens with one attached hydrogen (secondary N) is 1. The van der Waals surface area contributed by atoms with Crippen molar-refractivity contribution in [3.8, 4) is 0 Å². The monoisotopic (exact) mass is 332 g/mol. The lowest BCUT2D eigenvalue weighted by Gasteiger charge is -2.21. The molecular weight excluding hydrogens is 320 g/mol. The van der Waals surface area contributed by atoms with Gasteiger partial charge in [0.1, 0.15) is 5.25 Å². The third kappa shape index (κ3) is 2.89. The number of carbonyl (C=O) groups is 1. The van der Waals surface area contributed by atoms with E-state index in [0.717, 1.165) is 6.42 Å². The molecule has 0 bridgehead atoms. The average molecular weight is 333 g/mol. The number of carbonyl (C=O) groups excluding carboxylic acids is 1. The topological polar surface area (TPSA) is 76.1 Å². The zero-order valence-corrected chi connectivity index (χ0v) is 12.0. The Balaban J connectivity index is 2.15. The fourth-order valence-electron chi connectivity index (χ4n) is 1.94. The number of anilines is 1. The molecule has 1 unspecified atom stereocenters. The van der Waals surface area contributed by atoms with E-state index in [2.05, 4.69) is 26.2 Å². The van der Waals surface area contributed by atoms with Gasteiger partial charge in [-0.05, 0) is 34.8 Å². The summed E-state index contributed by atoms with van der Waals surface area (Å²) in [4.78, 5) is 15.9. The van der Waals surface area contributed by atoms with E-state index < -0.39 is 21.0 Å². The zero-order chi connectivity index (χ0) is 13.2. The Morgan fingerprint density at radius 1 is 1.44 bits per heavy atom. The molecule has 1 aromatic rings. The quantitative estimate of drug-likeness (QED) is 0.895. The first-order valence-electron chi connectivity index (χ1n) is 5.62. The second-order valence-corrected chi connectivity index (χ2v) is 7.35. The number of nitrogens with zero attached hydrogens (tertiary/aromatic N) is 1. The molecule has 1 N–H and O–H groups in total. The van der Waals surface area contributed by atoms with Crippen molar-refractivity contribution in [2.45, 2.75) is 24.5 Å². The van der Waals surface area contributed by atoms with Crippen molar-refractivity contribution in [1.29, 1.82) is 0 Å². The van der Waals surface area contributed by atoms with Crippen LogP contribution in [0.15, 0.2) is 22.9 Å². The van der Waals surface area contributed by atoms with E-state index in [4.69, 9.17) is 0 Å². The van der Waals surface area contributed by atoms with Gasteiger partial charge in [-0.15, -0.1) is 0 Å². The SMILES string of the molecule is O=C(Nc1ccncc1Br)C1CCCCS1(=O)=O. The highest BCUT2D eigenvalue weighted by molar-refractivity contribution is 9.10. The standard InChI is InChI=1S/C11H13BrN2O3S/c12-8-7-13-5-4-9(8)14-11(15)10-3-1-2-6-18(10,16)17/h4-5,7,10H,1-3,6H2,(H,13,14,15). The van der Waals surface area contributed by atoms with Crippen LogP contribution >= 0.6 is 15.9 Å². The predicted molar refractivity (Wildman–Crippen MR) is 72.0 cm³/mol. The Bertz CT molecular complexity index is 559. The average Bonchev–Trinajstić information content (AvgIpc) is 2.31. The zero-order valence-electron chi connectivity index (χ0n) is 9.60. The van der Waals surface area contributed by atoms with Crippen molar-refractivity contribution < 1.29 is 13.2 Å². The van der Waals surface area contributed by atoms with E-state index in [0.29, 0.717) is 23.0 Å². The number of rotatable bonds is 2. The van der Waals surface area contributed by atoms with Gasteiger partial charge in [0.25, 0.3) is 0 Å². The molecule has 1 aromatic heterocycles. The first kappa shape index (κ1) is 13.5. The molecule has 0 aromatic carbocycles. The van der Waals surface area contributed by atoms with Gasteiger partial charge in [0.2, 0.25) is 5.91 Å². The summed E-state index contributed by atoms with van der Waals surface area (Å²) in [5.41, 5.74) is 0.538. The number of halogens is 1. The van der Waals surface area contributed by atoms with Gasteiger partial charge in [-0.1, -0.05) is 6.42 Å². The molecular formula is C11H13BrN2O3S. The fourth-order valence-corrected chi connectivity index (χ4v) is 4.09. The summed E-state index contributed by atoms with van der Waals surface area (Å²) in [6, 6.07) is 1.62. The second kappa shape index (κ2) is 5.36. The molecule has 1 saturated heterocycles. The van der Waals surface area contributed by atoms with Crippen LogP contribution in [0.2, 0.25) is 0 Å². The number of sulfone groups is 1. The van der Waals surface area contributed by atoms with Crippen LogP contribution in [0.3, 0.4) is 0 Å². The largest absolute Gasteiger partial charge is 0.324 e. The molecule has 1 fully saturated rings. The maximum absolute atomic E-state index is 12.0. The highest BCUT2D eigenvalue weighted by Crippen LogP contribution is 2.24. The maximum atomic E-state index is 12.0. The summed E-state index contributed by atoms with van der Waals surface area (Å²) in [6.45, 7) is 0.